The zero-order valence-corrected chi connectivity index (χ0v) is 11.6. The summed E-state index contributed by atoms with van der Waals surface area (Å²) in [5, 5.41) is 0. The zero-order chi connectivity index (χ0) is 14.8. The van der Waals surface area contributed by atoms with Crippen molar-refractivity contribution in [3.63, 3.8) is 0 Å². The van der Waals surface area contributed by atoms with Crippen LogP contribution in [0.5, 0.6) is 0 Å². The summed E-state index contributed by atoms with van der Waals surface area (Å²) < 4.78 is 50.3. The molecule has 0 atom stereocenters. The van der Waals surface area contributed by atoms with Crippen LogP contribution in [-0.4, -0.2) is 18.2 Å². The smallest absolute Gasteiger partial charge is 0.290 e. The third-order valence-corrected chi connectivity index (χ3v) is 3.61. The number of carbonyl (C=O) groups excluding carboxylic acids is 1. The number of carbonyl (C=O) groups is 1. The first kappa shape index (κ1) is 16.0. The highest BCUT2D eigenvalue weighted by atomic mass is 32.2. The van der Waals surface area contributed by atoms with Gasteiger partial charge in [-0.15, -0.1) is 11.8 Å². The molecule has 0 heterocycles. The van der Waals surface area contributed by atoms with Crippen LogP contribution in [0.2, 0.25) is 0 Å². The Bertz CT molecular complexity index is 480. The van der Waals surface area contributed by atoms with Crippen molar-refractivity contribution in [3.8, 4) is 0 Å². The molecule has 0 unspecified atom stereocenters. The summed E-state index contributed by atoms with van der Waals surface area (Å²) in [4.78, 5) is 11.8. The molecule has 1 rings (SSSR count). The molecule has 6 heteroatoms. The first-order chi connectivity index (χ1) is 8.58. The van der Waals surface area contributed by atoms with Crippen LogP contribution in [0.15, 0.2) is 23.1 Å². The Hall–Kier alpha value is -1.04. The molecule has 0 aliphatic heterocycles. The Morgan fingerprint density at radius 3 is 2.32 bits per heavy atom. The Balaban J connectivity index is 3.13. The summed E-state index contributed by atoms with van der Waals surface area (Å²) in [5.41, 5.74) is -0.662. The van der Waals surface area contributed by atoms with Gasteiger partial charge in [0, 0.05) is 11.3 Å². The van der Waals surface area contributed by atoms with Crippen LogP contribution in [0, 0.1) is 5.82 Å². The van der Waals surface area contributed by atoms with Crippen molar-refractivity contribution >= 4 is 17.5 Å². The van der Waals surface area contributed by atoms with Crippen LogP contribution in [0.25, 0.3) is 0 Å². The fourth-order valence-electron chi connectivity index (χ4n) is 1.81. The number of benzene rings is 1. The topological polar surface area (TPSA) is 17.1 Å². The second kappa shape index (κ2) is 5.53. The number of halogens is 4. The van der Waals surface area contributed by atoms with Gasteiger partial charge in [-0.2, -0.15) is 13.2 Å². The highest BCUT2D eigenvalue weighted by Crippen LogP contribution is 2.36. The Labute approximate surface area is 113 Å². The lowest BCUT2D eigenvalue weighted by atomic mass is 9.80. The Morgan fingerprint density at radius 1 is 1.26 bits per heavy atom. The standard InChI is InChI=1S/C13H14F4OS/c1-12(2,7-11(18)13(15,16)17)9-6-8(14)4-5-10(9)19-3/h4-6H,7H2,1-3H3. The van der Waals surface area contributed by atoms with E-state index in [0.717, 1.165) is 0 Å². The van der Waals surface area contributed by atoms with E-state index in [2.05, 4.69) is 0 Å². The highest BCUT2D eigenvalue weighted by Gasteiger charge is 2.42. The summed E-state index contributed by atoms with van der Waals surface area (Å²) in [6.45, 7) is 3.01. The van der Waals surface area contributed by atoms with Crippen LogP contribution in [-0.2, 0) is 10.2 Å². The average molecular weight is 294 g/mol. The molecule has 0 aliphatic rings. The molecule has 0 radical (unpaired) electrons. The van der Waals surface area contributed by atoms with E-state index in [1.54, 1.807) is 6.26 Å². The van der Waals surface area contributed by atoms with E-state index in [1.165, 1.54) is 43.8 Å². The molecule has 0 saturated heterocycles. The minimum absolute atomic E-state index is 0.414. The molecule has 0 amide bonds. The van der Waals surface area contributed by atoms with Gasteiger partial charge < -0.3 is 0 Å². The molecule has 0 fully saturated rings. The molecule has 0 saturated carbocycles. The van der Waals surface area contributed by atoms with Crippen LogP contribution in [0.3, 0.4) is 0 Å². The van der Waals surface area contributed by atoms with Gasteiger partial charge >= 0.3 is 6.18 Å². The molecule has 1 aromatic rings. The highest BCUT2D eigenvalue weighted by molar-refractivity contribution is 7.98. The van der Waals surface area contributed by atoms with Crippen LogP contribution < -0.4 is 0 Å². The maximum Gasteiger partial charge on any atom is 0.450 e. The number of hydrogen-bond donors (Lipinski definition) is 0. The molecule has 0 aliphatic carbocycles. The summed E-state index contributed by atoms with van der Waals surface area (Å²) in [6.07, 6.45) is -3.81. The summed E-state index contributed by atoms with van der Waals surface area (Å²) in [7, 11) is 0. The summed E-state index contributed by atoms with van der Waals surface area (Å²) in [5.74, 6) is -2.32. The van der Waals surface area contributed by atoms with E-state index in [1.807, 2.05) is 0 Å². The van der Waals surface area contributed by atoms with Crippen molar-refractivity contribution in [1.29, 1.82) is 0 Å². The largest absolute Gasteiger partial charge is 0.450 e. The second-order valence-electron chi connectivity index (χ2n) is 4.83. The molecule has 0 spiro atoms. The Morgan fingerprint density at radius 2 is 1.84 bits per heavy atom. The van der Waals surface area contributed by atoms with Crippen molar-refractivity contribution in [1.82, 2.24) is 0 Å². The van der Waals surface area contributed by atoms with Crippen molar-refractivity contribution in [2.45, 2.75) is 36.8 Å². The molecule has 0 bridgehead atoms. The van der Waals surface area contributed by atoms with Gasteiger partial charge in [-0.25, -0.2) is 4.39 Å². The molecule has 19 heavy (non-hydrogen) atoms. The molecule has 106 valence electrons. The number of Topliss-reactive ketones (excluding diaryl/α,β-unsaturated/α-hetero) is 1. The number of hydrogen-bond acceptors (Lipinski definition) is 2. The van der Waals surface area contributed by atoms with Gasteiger partial charge in [0.15, 0.2) is 0 Å². The minimum atomic E-state index is -4.86. The van der Waals surface area contributed by atoms with Crippen LogP contribution in [0.4, 0.5) is 17.6 Å². The number of thioether (sulfide) groups is 1. The van der Waals surface area contributed by atoms with Gasteiger partial charge in [-0.3, -0.25) is 4.79 Å². The lowest BCUT2D eigenvalue weighted by Crippen LogP contribution is -2.31. The van der Waals surface area contributed by atoms with Gasteiger partial charge in [-0.1, -0.05) is 13.8 Å². The van der Waals surface area contributed by atoms with Crippen LogP contribution >= 0.6 is 11.8 Å². The normalized spacial score (nSPS) is 12.6. The first-order valence-corrected chi connectivity index (χ1v) is 6.74. The fourth-order valence-corrected chi connectivity index (χ4v) is 2.57. The Kier molecular flexibility index (Phi) is 4.66. The third kappa shape index (κ3) is 3.96. The third-order valence-electron chi connectivity index (χ3n) is 2.81. The predicted molar refractivity (Wildman–Crippen MR) is 66.9 cm³/mol. The van der Waals surface area contributed by atoms with E-state index in [4.69, 9.17) is 0 Å². The first-order valence-electron chi connectivity index (χ1n) is 5.52. The second-order valence-corrected chi connectivity index (χ2v) is 5.67. The summed E-state index contributed by atoms with van der Waals surface area (Å²) >= 11 is 1.31. The van der Waals surface area contributed by atoms with Gasteiger partial charge in [-0.05, 0) is 35.4 Å². The lowest BCUT2D eigenvalue weighted by molar-refractivity contribution is -0.172. The maximum absolute atomic E-state index is 13.3. The SMILES string of the molecule is CSc1ccc(F)cc1C(C)(C)CC(=O)C(F)(F)F. The van der Waals surface area contributed by atoms with Crippen molar-refractivity contribution in [3.05, 3.63) is 29.6 Å². The quantitative estimate of drug-likeness (QED) is 0.606. The van der Waals surface area contributed by atoms with E-state index in [9.17, 15) is 22.4 Å². The average Bonchev–Trinajstić information content (AvgIpc) is 2.27. The number of ketones is 1. The molecular weight excluding hydrogens is 280 g/mol. The number of alkyl halides is 3. The summed E-state index contributed by atoms with van der Waals surface area (Å²) in [6, 6.07) is 3.95. The van der Waals surface area contributed by atoms with Gasteiger partial charge in [0.1, 0.15) is 5.82 Å². The van der Waals surface area contributed by atoms with Crippen molar-refractivity contribution in [2.24, 2.45) is 0 Å². The maximum atomic E-state index is 13.3. The molecule has 1 aromatic carbocycles. The van der Waals surface area contributed by atoms with Crippen molar-refractivity contribution in [2.75, 3.05) is 6.26 Å². The van der Waals surface area contributed by atoms with E-state index in [0.29, 0.717) is 10.5 Å². The van der Waals surface area contributed by atoms with E-state index in [-0.39, 0.29) is 0 Å². The van der Waals surface area contributed by atoms with Gasteiger partial charge in [0.2, 0.25) is 5.78 Å². The van der Waals surface area contributed by atoms with E-state index >= 15 is 0 Å². The predicted octanol–water partition coefficient (Wildman–Crippen LogP) is 4.35. The zero-order valence-electron chi connectivity index (χ0n) is 10.8. The molecule has 1 nitrogen and oxygen atoms in total. The molecular formula is C13H14F4OS. The fraction of sp³-hybridized carbons (Fsp3) is 0.462. The van der Waals surface area contributed by atoms with Gasteiger partial charge in [0.25, 0.3) is 0 Å². The minimum Gasteiger partial charge on any atom is -0.290 e. The molecule has 0 N–H and O–H groups in total. The van der Waals surface area contributed by atoms with Gasteiger partial charge in [0.05, 0.1) is 0 Å². The molecule has 0 aromatic heterocycles. The monoisotopic (exact) mass is 294 g/mol. The lowest BCUT2D eigenvalue weighted by Gasteiger charge is -2.27. The number of rotatable bonds is 4. The van der Waals surface area contributed by atoms with E-state index < -0.39 is 29.6 Å². The van der Waals surface area contributed by atoms with Crippen molar-refractivity contribution < 1.29 is 22.4 Å². The van der Waals surface area contributed by atoms with Crippen LogP contribution in [0.1, 0.15) is 25.8 Å².